The standard InChI is InChI=1S/C10H16N2O/c1-7-8(2)12-13-10(7)9-4-3-5-11-6-9/h9,11H,3-6H2,1-2H3. The highest BCUT2D eigenvalue weighted by Gasteiger charge is 2.21. The van der Waals surface area contributed by atoms with Crippen molar-refractivity contribution in [1.82, 2.24) is 10.5 Å². The Morgan fingerprint density at radius 3 is 2.85 bits per heavy atom. The molecule has 0 radical (unpaired) electrons. The van der Waals surface area contributed by atoms with Gasteiger partial charge >= 0.3 is 0 Å². The number of nitrogens with one attached hydrogen (secondary N) is 1. The lowest BCUT2D eigenvalue weighted by molar-refractivity contribution is 0.326. The Kier molecular flexibility index (Phi) is 2.36. The maximum absolute atomic E-state index is 5.34. The topological polar surface area (TPSA) is 38.1 Å². The largest absolute Gasteiger partial charge is 0.361 e. The van der Waals surface area contributed by atoms with Crippen molar-refractivity contribution >= 4 is 0 Å². The molecule has 3 heteroatoms. The minimum Gasteiger partial charge on any atom is -0.361 e. The molecule has 1 atom stereocenters. The minimum atomic E-state index is 0.537. The van der Waals surface area contributed by atoms with Crippen LogP contribution in [0.3, 0.4) is 0 Å². The average molecular weight is 180 g/mol. The van der Waals surface area contributed by atoms with E-state index >= 15 is 0 Å². The van der Waals surface area contributed by atoms with Crippen molar-refractivity contribution in [3.63, 3.8) is 0 Å². The molecule has 1 aromatic rings. The Labute approximate surface area is 78.5 Å². The number of hydrogen-bond donors (Lipinski definition) is 1. The quantitative estimate of drug-likeness (QED) is 0.715. The highest BCUT2D eigenvalue weighted by atomic mass is 16.5. The highest BCUT2D eigenvalue weighted by molar-refractivity contribution is 5.23. The minimum absolute atomic E-state index is 0.537. The van der Waals surface area contributed by atoms with E-state index in [0.29, 0.717) is 5.92 Å². The van der Waals surface area contributed by atoms with E-state index in [1.807, 2.05) is 6.92 Å². The van der Waals surface area contributed by atoms with E-state index in [2.05, 4.69) is 17.4 Å². The zero-order valence-corrected chi connectivity index (χ0v) is 8.26. The van der Waals surface area contributed by atoms with E-state index in [9.17, 15) is 0 Å². The number of aryl methyl sites for hydroxylation is 1. The molecule has 1 saturated heterocycles. The molecule has 1 unspecified atom stereocenters. The molecule has 0 aromatic carbocycles. The van der Waals surface area contributed by atoms with Crippen molar-refractivity contribution in [2.45, 2.75) is 32.6 Å². The summed E-state index contributed by atoms with van der Waals surface area (Å²) in [5.74, 6) is 1.62. The van der Waals surface area contributed by atoms with E-state index in [0.717, 1.165) is 24.5 Å². The Morgan fingerprint density at radius 2 is 2.31 bits per heavy atom. The molecule has 3 nitrogen and oxygen atoms in total. The van der Waals surface area contributed by atoms with E-state index in [-0.39, 0.29) is 0 Å². The van der Waals surface area contributed by atoms with Crippen LogP contribution < -0.4 is 5.32 Å². The van der Waals surface area contributed by atoms with Gasteiger partial charge < -0.3 is 9.84 Å². The SMILES string of the molecule is Cc1noc(C2CCCNC2)c1C. The first-order chi connectivity index (χ1) is 6.29. The lowest BCUT2D eigenvalue weighted by atomic mass is 9.94. The van der Waals surface area contributed by atoms with Crippen molar-refractivity contribution < 1.29 is 4.52 Å². The number of aromatic nitrogens is 1. The van der Waals surface area contributed by atoms with Crippen molar-refractivity contribution in [3.05, 3.63) is 17.0 Å². The van der Waals surface area contributed by atoms with Gasteiger partial charge in [-0.1, -0.05) is 5.16 Å². The zero-order chi connectivity index (χ0) is 9.26. The Bertz CT molecular complexity index is 287. The van der Waals surface area contributed by atoms with Gasteiger partial charge in [-0.2, -0.15) is 0 Å². The summed E-state index contributed by atoms with van der Waals surface area (Å²) in [5.41, 5.74) is 2.26. The molecule has 1 aliphatic heterocycles. The summed E-state index contributed by atoms with van der Waals surface area (Å²) in [7, 11) is 0. The first-order valence-corrected chi connectivity index (χ1v) is 4.92. The molecule has 1 fully saturated rings. The van der Waals surface area contributed by atoms with Crippen molar-refractivity contribution in [3.8, 4) is 0 Å². The second-order valence-corrected chi connectivity index (χ2v) is 3.80. The predicted octanol–water partition coefficient (Wildman–Crippen LogP) is 1.76. The second-order valence-electron chi connectivity index (χ2n) is 3.80. The Morgan fingerprint density at radius 1 is 1.46 bits per heavy atom. The third-order valence-corrected chi connectivity index (χ3v) is 2.86. The molecular formula is C10H16N2O. The summed E-state index contributed by atoms with van der Waals surface area (Å²) in [6, 6.07) is 0. The summed E-state index contributed by atoms with van der Waals surface area (Å²) in [6.45, 7) is 6.27. The van der Waals surface area contributed by atoms with Crippen molar-refractivity contribution in [2.24, 2.45) is 0 Å². The summed E-state index contributed by atoms with van der Waals surface area (Å²) in [6.07, 6.45) is 2.46. The summed E-state index contributed by atoms with van der Waals surface area (Å²) in [4.78, 5) is 0. The van der Waals surface area contributed by atoms with Gasteiger partial charge in [0.05, 0.1) is 5.69 Å². The van der Waals surface area contributed by atoms with E-state index < -0.39 is 0 Å². The third kappa shape index (κ3) is 1.61. The summed E-state index contributed by atoms with van der Waals surface area (Å²) >= 11 is 0. The monoisotopic (exact) mass is 180 g/mol. The van der Waals surface area contributed by atoms with E-state index in [4.69, 9.17) is 4.52 Å². The van der Waals surface area contributed by atoms with Gasteiger partial charge in [-0.15, -0.1) is 0 Å². The average Bonchev–Trinajstić information content (AvgIpc) is 2.49. The molecular weight excluding hydrogens is 164 g/mol. The molecule has 2 rings (SSSR count). The van der Waals surface area contributed by atoms with Crippen LogP contribution in [0.2, 0.25) is 0 Å². The molecule has 72 valence electrons. The van der Waals surface area contributed by atoms with Gasteiger partial charge in [0.2, 0.25) is 0 Å². The van der Waals surface area contributed by atoms with Gasteiger partial charge in [0.25, 0.3) is 0 Å². The Balaban J connectivity index is 2.18. The number of nitrogens with zero attached hydrogens (tertiary/aromatic N) is 1. The van der Waals surface area contributed by atoms with Crippen LogP contribution in [-0.4, -0.2) is 18.2 Å². The van der Waals surface area contributed by atoms with E-state index in [1.165, 1.54) is 18.4 Å². The summed E-state index contributed by atoms with van der Waals surface area (Å²) in [5, 5.41) is 7.37. The van der Waals surface area contributed by atoms with Gasteiger partial charge in [0.1, 0.15) is 5.76 Å². The number of rotatable bonds is 1. The van der Waals surface area contributed by atoms with Gasteiger partial charge in [-0.3, -0.25) is 0 Å². The fourth-order valence-electron chi connectivity index (χ4n) is 1.89. The van der Waals surface area contributed by atoms with Crippen LogP contribution in [0.5, 0.6) is 0 Å². The normalized spacial score (nSPS) is 23.4. The van der Waals surface area contributed by atoms with Gasteiger partial charge in [-0.05, 0) is 33.2 Å². The van der Waals surface area contributed by atoms with Crippen LogP contribution in [0.4, 0.5) is 0 Å². The molecule has 1 aromatic heterocycles. The number of hydrogen-bond acceptors (Lipinski definition) is 3. The second kappa shape index (κ2) is 3.50. The lowest BCUT2D eigenvalue weighted by Gasteiger charge is -2.20. The fourth-order valence-corrected chi connectivity index (χ4v) is 1.89. The fraction of sp³-hybridized carbons (Fsp3) is 0.700. The van der Waals surface area contributed by atoms with Gasteiger partial charge in [0, 0.05) is 18.0 Å². The number of piperidine rings is 1. The van der Waals surface area contributed by atoms with Crippen LogP contribution in [0.25, 0.3) is 0 Å². The first kappa shape index (κ1) is 8.75. The molecule has 1 N–H and O–H groups in total. The molecule has 0 bridgehead atoms. The maximum atomic E-state index is 5.34. The van der Waals surface area contributed by atoms with Gasteiger partial charge in [-0.25, -0.2) is 0 Å². The molecule has 13 heavy (non-hydrogen) atoms. The Hall–Kier alpha value is -0.830. The molecule has 0 amide bonds. The van der Waals surface area contributed by atoms with Crippen LogP contribution in [0.15, 0.2) is 4.52 Å². The molecule has 0 spiro atoms. The van der Waals surface area contributed by atoms with Gasteiger partial charge in [0.15, 0.2) is 0 Å². The van der Waals surface area contributed by atoms with Crippen molar-refractivity contribution in [1.29, 1.82) is 0 Å². The molecule has 2 heterocycles. The van der Waals surface area contributed by atoms with Crippen LogP contribution in [0.1, 0.15) is 35.8 Å². The van der Waals surface area contributed by atoms with Crippen LogP contribution >= 0.6 is 0 Å². The summed E-state index contributed by atoms with van der Waals surface area (Å²) < 4.78 is 5.34. The first-order valence-electron chi connectivity index (χ1n) is 4.92. The zero-order valence-electron chi connectivity index (χ0n) is 8.26. The molecule has 0 saturated carbocycles. The lowest BCUT2D eigenvalue weighted by Crippen LogP contribution is -2.28. The highest BCUT2D eigenvalue weighted by Crippen LogP contribution is 2.27. The van der Waals surface area contributed by atoms with Crippen LogP contribution in [0, 0.1) is 13.8 Å². The smallest absolute Gasteiger partial charge is 0.144 e. The maximum Gasteiger partial charge on any atom is 0.144 e. The van der Waals surface area contributed by atoms with Crippen molar-refractivity contribution in [2.75, 3.05) is 13.1 Å². The molecule has 0 aliphatic carbocycles. The predicted molar refractivity (Wildman–Crippen MR) is 50.8 cm³/mol. The molecule has 1 aliphatic rings. The van der Waals surface area contributed by atoms with Crippen LogP contribution in [-0.2, 0) is 0 Å². The van der Waals surface area contributed by atoms with E-state index in [1.54, 1.807) is 0 Å². The third-order valence-electron chi connectivity index (χ3n) is 2.86.